The van der Waals surface area contributed by atoms with Crippen molar-refractivity contribution in [1.82, 2.24) is 9.91 Å². The molecule has 11 atom stereocenters. The summed E-state index contributed by atoms with van der Waals surface area (Å²) in [5.41, 5.74) is 0.454. The number of carbonyl (C=O) groups is 3. The number of hydrogen-bond acceptors (Lipinski definition) is 16. The van der Waals surface area contributed by atoms with Gasteiger partial charge in [0.25, 0.3) is 11.7 Å². The van der Waals surface area contributed by atoms with E-state index in [-0.39, 0.29) is 62.3 Å². The maximum absolute atomic E-state index is 14.6. The normalized spacial score (nSPS) is 31.5. The van der Waals surface area contributed by atoms with Gasteiger partial charge in [0.1, 0.15) is 29.1 Å². The van der Waals surface area contributed by atoms with Crippen LogP contribution in [-0.2, 0) is 30.3 Å². The van der Waals surface area contributed by atoms with E-state index in [1.807, 2.05) is 24.9 Å². The zero-order valence-electron chi connectivity index (χ0n) is 40.6. The van der Waals surface area contributed by atoms with Crippen LogP contribution in [0.25, 0.3) is 10.8 Å². The number of nitrogens with one attached hydrogen (secondary N) is 1. The number of aromatic hydroxyl groups is 4. The van der Waals surface area contributed by atoms with Crippen molar-refractivity contribution in [3.05, 3.63) is 82.7 Å². The van der Waals surface area contributed by atoms with Gasteiger partial charge in [-0.1, -0.05) is 58.1 Å². The van der Waals surface area contributed by atoms with Crippen LogP contribution in [0.1, 0.15) is 89.4 Å². The Bertz CT molecular complexity index is 2530. The maximum Gasteiger partial charge on any atom is 0.312 e. The summed E-state index contributed by atoms with van der Waals surface area (Å²) in [6.45, 7) is 18.2. The highest BCUT2D eigenvalue weighted by Crippen LogP contribution is 2.55. The monoisotopic (exact) mass is 942 g/mol. The first-order valence-corrected chi connectivity index (χ1v) is 22.9. The van der Waals surface area contributed by atoms with E-state index >= 15 is 0 Å². The number of hydrazone groups is 1. The molecule has 4 heterocycles. The first-order chi connectivity index (χ1) is 32.0. The molecule has 4 aliphatic rings. The Hall–Kier alpha value is -6.14. The van der Waals surface area contributed by atoms with E-state index in [4.69, 9.17) is 24.0 Å². The van der Waals surface area contributed by atoms with Gasteiger partial charge in [0.15, 0.2) is 5.75 Å². The number of hydrogen-bond donors (Lipinski definition) is 7. The number of phenolic OH excluding ortho intramolecular Hbond substituents is 4. The standard InChI is InChI=1S/C51H66N4O13/c1-25-14-12-15-26(2)50(64)53-41-36(21-52-55-27(3)22-54(23-28(55)4)24-34-16-13-17-35(57)20-34)45(61)38-39(46(41)62)44(60)32(8)48-40(38)49(63)51(10,68-48)66-19-18-37(65-11)29(5)47(67-33(9)56)31(7)43(59)30(6)42(25)58/h12-21,25,27-31,37,42-43,47,57-62H,22-24H2,1-11H3,(H,53,64)/b14-12+,19-18+,26-15-,52-21-/t25-,27?,28?,29+,30+,31+,37-,42-,43+,47+,51-/m0/s1. The number of aliphatic hydroxyl groups excluding tert-OH is 2. The van der Waals surface area contributed by atoms with Gasteiger partial charge < -0.3 is 54.9 Å². The number of amides is 1. The summed E-state index contributed by atoms with van der Waals surface area (Å²) in [5.74, 6) is -8.45. The molecular weight excluding hydrogens is 877 g/mol. The largest absolute Gasteiger partial charge is 0.508 e. The highest BCUT2D eigenvalue weighted by Gasteiger charge is 2.50. The van der Waals surface area contributed by atoms with Crippen molar-refractivity contribution in [3.63, 3.8) is 0 Å². The van der Waals surface area contributed by atoms with Crippen LogP contribution in [0.4, 0.5) is 5.69 Å². The molecule has 17 heteroatoms. The Kier molecular flexibility index (Phi) is 15.5. The van der Waals surface area contributed by atoms with Gasteiger partial charge in [-0.2, -0.15) is 5.10 Å². The Morgan fingerprint density at radius 3 is 2.24 bits per heavy atom. The SMILES string of the molecule is CO[C@H]1/C=C/O[C@@]2(C)Oc3c(C)c(O)c4c(O)c(c(/C=N\N5C(C)CN(Cc6cccc(O)c6)CC5C)c(O)c4c3C2=O)NC(=O)/C(C)=C\C=C\[C@H](C)[C@H](O)[C@@H](C)[C@@H](O)[C@@H](C)[C@H](OC(C)=O)[C@@H]1C. The molecule has 5 bridgehead atoms. The highest BCUT2D eigenvalue weighted by molar-refractivity contribution is 6.23. The zero-order valence-corrected chi connectivity index (χ0v) is 40.6. The molecule has 68 heavy (non-hydrogen) atoms. The quantitative estimate of drug-likeness (QED) is 0.0614. The molecule has 368 valence electrons. The molecule has 7 N–H and O–H groups in total. The summed E-state index contributed by atoms with van der Waals surface area (Å²) in [6, 6.07) is 6.72. The number of Topliss-reactive ketones (excluding diaryl/α,β-unsaturated/α-hetero) is 1. The summed E-state index contributed by atoms with van der Waals surface area (Å²) in [7, 11) is 1.43. The Balaban J connectivity index is 1.48. The fraction of sp³-hybridized carbons (Fsp3) is 0.490. The van der Waals surface area contributed by atoms with Gasteiger partial charge >= 0.3 is 11.8 Å². The number of piperazine rings is 1. The van der Waals surface area contributed by atoms with Crippen LogP contribution in [-0.4, -0.2) is 127 Å². The molecule has 1 amide bonds. The van der Waals surface area contributed by atoms with Crippen LogP contribution in [0, 0.1) is 30.6 Å². The molecule has 1 fully saturated rings. The summed E-state index contributed by atoms with van der Waals surface area (Å²) in [6.07, 6.45) is 4.77. The molecule has 0 aromatic heterocycles. The van der Waals surface area contributed by atoms with Crippen LogP contribution in [0.2, 0.25) is 0 Å². The fourth-order valence-electron chi connectivity index (χ4n) is 9.69. The molecule has 7 rings (SSSR count). The first kappa shape index (κ1) is 51.3. The van der Waals surface area contributed by atoms with Crippen LogP contribution < -0.4 is 10.1 Å². The number of ketones is 1. The van der Waals surface area contributed by atoms with Crippen molar-refractivity contribution < 1.29 is 64.0 Å². The van der Waals surface area contributed by atoms with Crippen molar-refractivity contribution in [2.45, 2.75) is 118 Å². The van der Waals surface area contributed by atoms with E-state index in [1.54, 1.807) is 58.0 Å². The third kappa shape index (κ3) is 10.2. The predicted octanol–water partition coefficient (Wildman–Crippen LogP) is 6.39. The first-order valence-electron chi connectivity index (χ1n) is 22.9. The van der Waals surface area contributed by atoms with Crippen molar-refractivity contribution in [1.29, 1.82) is 0 Å². The van der Waals surface area contributed by atoms with Gasteiger partial charge in [0.2, 0.25) is 0 Å². The van der Waals surface area contributed by atoms with Gasteiger partial charge in [-0.05, 0) is 51.5 Å². The molecule has 0 aliphatic carbocycles. The van der Waals surface area contributed by atoms with Gasteiger partial charge in [0, 0.05) is 80.8 Å². The van der Waals surface area contributed by atoms with E-state index in [0.29, 0.717) is 19.6 Å². The number of fused-ring (bicyclic) bond motifs is 14. The number of benzene rings is 3. The number of carbonyl (C=O) groups excluding carboxylic acids is 3. The zero-order chi connectivity index (χ0) is 50.1. The third-order valence-corrected chi connectivity index (χ3v) is 13.6. The second-order valence-corrected chi connectivity index (χ2v) is 18.8. The van der Waals surface area contributed by atoms with Gasteiger partial charge in [-0.25, -0.2) is 0 Å². The molecule has 3 aromatic carbocycles. The maximum atomic E-state index is 14.6. The second kappa shape index (κ2) is 20.6. The fourth-order valence-corrected chi connectivity index (χ4v) is 9.69. The van der Waals surface area contributed by atoms with Crippen molar-refractivity contribution in [3.8, 4) is 28.7 Å². The lowest BCUT2D eigenvalue weighted by molar-refractivity contribution is -0.160. The van der Waals surface area contributed by atoms with Gasteiger partial charge in [0.05, 0.1) is 65.1 Å². The van der Waals surface area contributed by atoms with Crippen LogP contribution in [0.5, 0.6) is 28.7 Å². The summed E-state index contributed by atoms with van der Waals surface area (Å²) in [4.78, 5) is 43.3. The Morgan fingerprint density at radius 1 is 0.926 bits per heavy atom. The molecular formula is C51H66N4O13. The lowest BCUT2D eigenvalue weighted by atomic mass is 9.78. The lowest BCUT2D eigenvalue weighted by Crippen LogP contribution is -2.54. The van der Waals surface area contributed by atoms with Gasteiger partial charge in [-0.3, -0.25) is 24.3 Å². The average Bonchev–Trinajstić information content (AvgIpc) is 3.55. The summed E-state index contributed by atoms with van der Waals surface area (Å²) < 4.78 is 23.8. The topological polar surface area (TPSA) is 240 Å². The average molecular weight is 943 g/mol. The van der Waals surface area contributed by atoms with E-state index < -0.39 is 88.8 Å². The Morgan fingerprint density at radius 2 is 1.60 bits per heavy atom. The lowest BCUT2D eigenvalue weighted by Gasteiger charge is -2.42. The number of rotatable bonds is 6. The van der Waals surface area contributed by atoms with E-state index in [2.05, 4.69) is 10.2 Å². The van der Waals surface area contributed by atoms with Gasteiger partial charge in [-0.15, -0.1) is 0 Å². The minimum Gasteiger partial charge on any atom is -0.508 e. The molecule has 2 unspecified atom stereocenters. The van der Waals surface area contributed by atoms with Crippen molar-refractivity contribution >= 4 is 40.3 Å². The molecule has 3 aromatic rings. The molecule has 4 aliphatic heterocycles. The number of aliphatic hydroxyl groups is 2. The number of anilines is 1. The molecule has 0 radical (unpaired) electrons. The summed E-state index contributed by atoms with van der Waals surface area (Å²) >= 11 is 0. The Labute approximate surface area is 396 Å². The molecule has 1 saturated heterocycles. The summed E-state index contributed by atoms with van der Waals surface area (Å²) in [5, 5.41) is 78.1. The van der Waals surface area contributed by atoms with Crippen LogP contribution >= 0.6 is 0 Å². The van der Waals surface area contributed by atoms with Crippen LogP contribution in [0.15, 0.2) is 65.5 Å². The molecule has 0 saturated carbocycles. The molecule has 17 nitrogen and oxygen atoms in total. The number of phenols is 4. The van der Waals surface area contributed by atoms with E-state index in [9.17, 15) is 45.0 Å². The van der Waals surface area contributed by atoms with E-state index in [0.717, 1.165) is 5.56 Å². The second-order valence-electron chi connectivity index (χ2n) is 18.8. The van der Waals surface area contributed by atoms with Crippen molar-refractivity contribution in [2.75, 3.05) is 25.5 Å². The van der Waals surface area contributed by atoms with E-state index in [1.165, 1.54) is 59.4 Å². The highest BCUT2D eigenvalue weighted by atomic mass is 16.7. The van der Waals surface area contributed by atoms with Crippen molar-refractivity contribution in [2.24, 2.45) is 28.8 Å². The third-order valence-electron chi connectivity index (χ3n) is 13.6. The number of methoxy groups -OCH3 is 1. The minimum atomic E-state index is -2.08. The number of nitrogens with zero attached hydrogens (tertiary/aromatic N) is 3. The smallest absolute Gasteiger partial charge is 0.312 e. The number of ether oxygens (including phenoxy) is 4. The number of allylic oxidation sites excluding steroid dienone is 2. The van der Waals surface area contributed by atoms with Crippen LogP contribution in [0.3, 0.4) is 0 Å². The number of esters is 1. The molecule has 0 spiro atoms. The predicted molar refractivity (Wildman–Crippen MR) is 256 cm³/mol. The minimum absolute atomic E-state index is 0.0363.